The fourth-order valence-electron chi connectivity index (χ4n) is 3.62. The number of likely N-dealkylation sites (tertiary alicyclic amines) is 1. The van der Waals surface area contributed by atoms with E-state index in [1.165, 1.54) is 11.1 Å². The third-order valence-corrected chi connectivity index (χ3v) is 5.66. The van der Waals surface area contributed by atoms with Gasteiger partial charge in [0.05, 0.1) is 18.8 Å². The molecular formula is C22H29NO3. The molecule has 0 aromatic heterocycles. The highest BCUT2D eigenvalue weighted by Gasteiger charge is 2.34. The molecule has 0 radical (unpaired) electrons. The van der Waals surface area contributed by atoms with Crippen LogP contribution in [0.1, 0.15) is 41.2 Å². The van der Waals surface area contributed by atoms with E-state index in [4.69, 9.17) is 4.74 Å². The van der Waals surface area contributed by atoms with Crippen molar-refractivity contribution in [3.8, 4) is 5.75 Å². The van der Waals surface area contributed by atoms with Gasteiger partial charge in [-0.3, -0.25) is 0 Å². The zero-order valence-electron chi connectivity index (χ0n) is 15.9. The van der Waals surface area contributed by atoms with Gasteiger partial charge in [0.25, 0.3) is 0 Å². The summed E-state index contributed by atoms with van der Waals surface area (Å²) in [7, 11) is 1.64. The van der Waals surface area contributed by atoms with Gasteiger partial charge in [-0.15, -0.1) is 0 Å². The number of rotatable bonds is 5. The average molecular weight is 355 g/mol. The number of piperidine rings is 1. The van der Waals surface area contributed by atoms with Crippen molar-refractivity contribution in [3.63, 3.8) is 0 Å². The van der Waals surface area contributed by atoms with Crippen molar-refractivity contribution in [1.29, 1.82) is 0 Å². The van der Waals surface area contributed by atoms with Gasteiger partial charge in [0.15, 0.2) is 0 Å². The molecule has 1 saturated heterocycles. The van der Waals surface area contributed by atoms with E-state index in [-0.39, 0.29) is 0 Å². The van der Waals surface area contributed by atoms with Gasteiger partial charge in [0.2, 0.25) is 0 Å². The molecule has 140 valence electrons. The molecule has 1 fully saturated rings. The molecule has 1 atom stereocenters. The zero-order chi connectivity index (χ0) is 18.7. The van der Waals surface area contributed by atoms with Crippen LogP contribution in [0.3, 0.4) is 0 Å². The van der Waals surface area contributed by atoms with E-state index in [2.05, 4.69) is 30.9 Å². The van der Waals surface area contributed by atoms with Crippen molar-refractivity contribution >= 4 is 0 Å². The molecule has 2 aromatic rings. The summed E-state index contributed by atoms with van der Waals surface area (Å²) in [6.07, 6.45) is 0.833. The smallest absolute Gasteiger partial charge is 0.118 e. The Morgan fingerprint density at radius 3 is 2.27 bits per heavy atom. The first-order chi connectivity index (χ1) is 12.4. The van der Waals surface area contributed by atoms with Crippen molar-refractivity contribution in [1.82, 2.24) is 4.90 Å². The van der Waals surface area contributed by atoms with Gasteiger partial charge in [0, 0.05) is 19.6 Å². The van der Waals surface area contributed by atoms with Crippen LogP contribution in [0.2, 0.25) is 0 Å². The minimum Gasteiger partial charge on any atom is -0.497 e. The van der Waals surface area contributed by atoms with Crippen molar-refractivity contribution in [2.45, 2.75) is 38.4 Å². The lowest BCUT2D eigenvalue weighted by molar-refractivity contribution is -0.0345. The molecule has 0 amide bonds. The number of nitrogens with zero attached hydrogens (tertiary/aromatic N) is 1. The van der Waals surface area contributed by atoms with E-state index in [0.29, 0.717) is 19.4 Å². The van der Waals surface area contributed by atoms with Crippen molar-refractivity contribution in [2.24, 2.45) is 0 Å². The maximum atomic E-state index is 11.0. The Morgan fingerprint density at radius 2 is 1.69 bits per heavy atom. The third-order valence-electron chi connectivity index (χ3n) is 5.66. The van der Waals surface area contributed by atoms with Gasteiger partial charge in [-0.05, 0) is 61.1 Å². The standard InChI is InChI=1S/C22H29NO3/c1-16-4-5-18(14-17(16)2)21(24)15-23-12-10-22(25,11-13-23)19-6-8-20(26-3)9-7-19/h4-9,14,21,24-25H,10-13,15H2,1-3H3/t21-/m0/s1. The van der Waals surface area contributed by atoms with Crippen LogP contribution in [-0.4, -0.2) is 41.9 Å². The summed E-state index contributed by atoms with van der Waals surface area (Å²) in [5, 5.41) is 21.6. The van der Waals surface area contributed by atoms with Crippen LogP contribution in [0.5, 0.6) is 5.75 Å². The second-order valence-corrected chi connectivity index (χ2v) is 7.42. The Balaban J connectivity index is 1.59. The lowest BCUT2D eigenvalue weighted by Gasteiger charge is -2.39. The molecule has 2 aromatic carbocycles. The Kier molecular flexibility index (Phi) is 5.66. The largest absolute Gasteiger partial charge is 0.497 e. The number of hydrogen-bond donors (Lipinski definition) is 2. The molecule has 4 nitrogen and oxygen atoms in total. The Labute approximate surface area is 156 Å². The highest BCUT2D eigenvalue weighted by atomic mass is 16.5. The van der Waals surface area contributed by atoms with Crippen LogP contribution in [0.25, 0.3) is 0 Å². The Morgan fingerprint density at radius 1 is 1.04 bits per heavy atom. The minimum atomic E-state index is -0.797. The molecule has 1 heterocycles. The van der Waals surface area contributed by atoms with E-state index in [0.717, 1.165) is 30.0 Å². The number of aliphatic hydroxyl groups excluding tert-OH is 1. The van der Waals surface area contributed by atoms with E-state index in [1.54, 1.807) is 7.11 Å². The van der Waals surface area contributed by atoms with Crippen LogP contribution in [0, 0.1) is 13.8 Å². The van der Waals surface area contributed by atoms with E-state index in [1.807, 2.05) is 30.3 Å². The second-order valence-electron chi connectivity index (χ2n) is 7.42. The molecule has 0 unspecified atom stereocenters. The van der Waals surface area contributed by atoms with Crippen LogP contribution in [-0.2, 0) is 5.60 Å². The molecule has 0 saturated carbocycles. The molecule has 2 N–H and O–H groups in total. The molecule has 0 bridgehead atoms. The Bertz CT molecular complexity index is 734. The molecule has 0 aliphatic carbocycles. The molecule has 1 aliphatic rings. The molecule has 26 heavy (non-hydrogen) atoms. The van der Waals surface area contributed by atoms with E-state index < -0.39 is 11.7 Å². The van der Waals surface area contributed by atoms with Gasteiger partial charge < -0.3 is 19.8 Å². The summed E-state index contributed by atoms with van der Waals surface area (Å²) < 4.78 is 5.19. The summed E-state index contributed by atoms with van der Waals surface area (Å²) in [4.78, 5) is 2.23. The van der Waals surface area contributed by atoms with Crippen LogP contribution >= 0.6 is 0 Å². The lowest BCUT2D eigenvalue weighted by Crippen LogP contribution is -2.43. The van der Waals surface area contributed by atoms with Crippen LogP contribution in [0.4, 0.5) is 0 Å². The third kappa shape index (κ3) is 4.09. The van der Waals surface area contributed by atoms with Crippen LogP contribution < -0.4 is 4.74 Å². The molecule has 4 heteroatoms. The second kappa shape index (κ2) is 7.78. The summed E-state index contributed by atoms with van der Waals surface area (Å²) >= 11 is 0. The first-order valence-corrected chi connectivity index (χ1v) is 9.26. The quantitative estimate of drug-likeness (QED) is 0.864. The molecular weight excluding hydrogens is 326 g/mol. The molecule has 3 rings (SSSR count). The SMILES string of the molecule is COc1ccc(C2(O)CCN(C[C@H](O)c3ccc(C)c(C)c3)CC2)cc1. The van der Waals surface area contributed by atoms with Crippen molar-refractivity contribution in [2.75, 3.05) is 26.7 Å². The normalized spacial score (nSPS) is 18.5. The number of β-amino-alcohol motifs (C(OH)–C–C–N with tert-alkyl or cyclic N) is 1. The predicted molar refractivity (Wildman–Crippen MR) is 103 cm³/mol. The van der Waals surface area contributed by atoms with Crippen LogP contribution in [0.15, 0.2) is 42.5 Å². The summed E-state index contributed by atoms with van der Waals surface area (Å²) in [5.74, 6) is 0.797. The zero-order valence-corrected chi connectivity index (χ0v) is 15.9. The fraction of sp³-hybridized carbons (Fsp3) is 0.455. The number of aryl methyl sites for hydroxylation is 2. The van der Waals surface area contributed by atoms with Gasteiger partial charge >= 0.3 is 0 Å². The predicted octanol–water partition coefficient (Wildman–Crippen LogP) is 3.33. The number of aliphatic hydroxyl groups is 2. The van der Waals surface area contributed by atoms with Gasteiger partial charge in [-0.25, -0.2) is 0 Å². The maximum absolute atomic E-state index is 11.0. The molecule has 0 spiro atoms. The summed E-state index contributed by atoms with van der Waals surface area (Å²) in [6, 6.07) is 13.8. The van der Waals surface area contributed by atoms with Crippen molar-refractivity contribution in [3.05, 3.63) is 64.7 Å². The monoisotopic (exact) mass is 355 g/mol. The number of benzene rings is 2. The summed E-state index contributed by atoms with van der Waals surface area (Å²) in [6.45, 7) is 6.29. The van der Waals surface area contributed by atoms with Gasteiger partial charge in [-0.1, -0.05) is 30.3 Å². The number of methoxy groups -OCH3 is 1. The Hall–Kier alpha value is -1.88. The first-order valence-electron chi connectivity index (χ1n) is 9.26. The highest BCUT2D eigenvalue weighted by molar-refractivity contribution is 5.32. The topological polar surface area (TPSA) is 52.9 Å². The highest BCUT2D eigenvalue weighted by Crippen LogP contribution is 2.34. The first kappa shape index (κ1) is 18.9. The maximum Gasteiger partial charge on any atom is 0.118 e. The van der Waals surface area contributed by atoms with Gasteiger partial charge in [-0.2, -0.15) is 0 Å². The summed E-state index contributed by atoms with van der Waals surface area (Å²) in [5.41, 5.74) is 3.54. The fourth-order valence-corrected chi connectivity index (χ4v) is 3.62. The van der Waals surface area contributed by atoms with Gasteiger partial charge in [0.1, 0.15) is 5.75 Å². The molecule has 1 aliphatic heterocycles. The van der Waals surface area contributed by atoms with E-state index >= 15 is 0 Å². The average Bonchev–Trinajstić information content (AvgIpc) is 2.66. The van der Waals surface area contributed by atoms with E-state index in [9.17, 15) is 10.2 Å². The number of hydrogen-bond acceptors (Lipinski definition) is 4. The lowest BCUT2D eigenvalue weighted by atomic mass is 9.84. The van der Waals surface area contributed by atoms with Crippen molar-refractivity contribution < 1.29 is 14.9 Å². The number of ether oxygens (including phenoxy) is 1. The minimum absolute atomic E-state index is 0.499.